The van der Waals surface area contributed by atoms with Crippen LogP contribution in [0.1, 0.15) is 11.1 Å². The second-order valence-corrected chi connectivity index (χ2v) is 13.1. The molecule has 9 heterocycles. The van der Waals surface area contributed by atoms with Crippen molar-refractivity contribution in [3.8, 4) is 28.3 Å². The molecule has 4 aromatic carbocycles. The molecule has 0 fully saturated rings. The van der Waals surface area contributed by atoms with E-state index in [1.54, 1.807) is 0 Å². The van der Waals surface area contributed by atoms with Crippen molar-refractivity contribution in [2.24, 2.45) is 0 Å². The summed E-state index contributed by atoms with van der Waals surface area (Å²) >= 11 is 0. The number of fused-ring (bicyclic) bond motifs is 11. The van der Waals surface area contributed by atoms with E-state index in [4.69, 9.17) is 0 Å². The summed E-state index contributed by atoms with van der Waals surface area (Å²) in [6.07, 6.45) is 9.18. The van der Waals surface area contributed by atoms with Crippen molar-refractivity contribution < 1.29 is 9.25 Å². The molecule has 3 aliphatic rings. The number of nitrogens with zero attached hydrogens (tertiary/aromatic N) is 6. The van der Waals surface area contributed by atoms with Crippen LogP contribution in [0.3, 0.4) is 0 Å². The summed E-state index contributed by atoms with van der Waals surface area (Å²) in [7, 11) is 0. The molecule has 1 unspecified atom stereocenters. The lowest BCUT2D eigenvalue weighted by molar-refractivity contribution is -0.987. The Hall–Kier alpha value is -6.40. The van der Waals surface area contributed by atoms with Crippen LogP contribution < -0.4 is 9.25 Å². The first-order chi connectivity index (χ1) is 23.3. The van der Waals surface area contributed by atoms with Gasteiger partial charge in [0.15, 0.2) is 5.69 Å². The summed E-state index contributed by atoms with van der Waals surface area (Å²) in [4.78, 5) is 0. The van der Waals surface area contributed by atoms with Crippen LogP contribution in [-0.4, -0.2) is 18.2 Å². The van der Waals surface area contributed by atoms with Gasteiger partial charge in [0.25, 0.3) is 0 Å². The highest BCUT2D eigenvalue weighted by atomic mass is 15.5. The van der Waals surface area contributed by atoms with Gasteiger partial charge in [-0.15, -0.1) is 4.68 Å². The van der Waals surface area contributed by atoms with Crippen LogP contribution in [-0.2, 0) is 5.66 Å². The average Bonchev–Trinajstić information content (AvgIpc) is 3.93. The van der Waals surface area contributed by atoms with Crippen LogP contribution >= 0.6 is 0 Å². The van der Waals surface area contributed by atoms with E-state index < -0.39 is 5.66 Å². The molecule has 0 radical (unpaired) electrons. The number of aromatic nitrogens is 6. The lowest BCUT2D eigenvalue weighted by Gasteiger charge is -2.32. The molecular formula is C41H24N6+2. The Labute approximate surface area is 267 Å². The Kier molecular flexibility index (Phi) is 3.60. The molecular weight excluding hydrogens is 576 g/mol. The van der Waals surface area contributed by atoms with Gasteiger partial charge in [-0.3, -0.25) is 0 Å². The molecule has 1 spiro atoms. The molecule has 0 N–H and O–H groups in total. The highest BCUT2D eigenvalue weighted by Gasteiger charge is 2.68. The van der Waals surface area contributed by atoms with E-state index in [1.807, 2.05) is 0 Å². The topological polar surface area (TPSA) is 27.0 Å². The lowest BCUT2D eigenvalue weighted by atomic mass is 9.83. The van der Waals surface area contributed by atoms with Crippen LogP contribution in [0.4, 0.5) is 0 Å². The fourth-order valence-electron chi connectivity index (χ4n) is 9.53. The SMILES string of the molecule is c1cc2c3c(c1)-n1cc(-c4ccc5ccccn45)c[n+]1C31c3c(ccc4c5ccccc5n-2c34)-n2c3ccccc3c3ccc[n+]1c32. The van der Waals surface area contributed by atoms with Gasteiger partial charge in [-0.2, -0.15) is 9.13 Å². The van der Waals surface area contributed by atoms with Crippen molar-refractivity contribution in [1.29, 1.82) is 0 Å². The quantitative estimate of drug-likeness (QED) is 0.176. The van der Waals surface area contributed by atoms with E-state index in [2.05, 4.69) is 174 Å². The normalized spacial score (nSPS) is 16.6. The number of rotatable bonds is 1. The first kappa shape index (κ1) is 23.0. The first-order valence-electron chi connectivity index (χ1n) is 16.2. The highest BCUT2D eigenvalue weighted by molar-refractivity contribution is 6.14. The smallest absolute Gasteiger partial charge is 0.316 e. The van der Waals surface area contributed by atoms with Crippen molar-refractivity contribution in [2.45, 2.75) is 5.66 Å². The number of benzene rings is 4. The van der Waals surface area contributed by atoms with Gasteiger partial charge < -0.3 is 8.97 Å². The molecule has 0 amide bonds. The minimum atomic E-state index is -0.652. The van der Waals surface area contributed by atoms with Gasteiger partial charge >= 0.3 is 11.3 Å². The molecule has 0 bridgehead atoms. The summed E-state index contributed by atoms with van der Waals surface area (Å²) in [6.45, 7) is 0. The molecule has 0 saturated heterocycles. The zero-order valence-corrected chi connectivity index (χ0v) is 25.0. The Morgan fingerprint density at radius 1 is 0.553 bits per heavy atom. The maximum atomic E-state index is 2.57. The number of hydrogen-bond donors (Lipinski definition) is 0. The highest BCUT2D eigenvalue weighted by Crippen LogP contribution is 2.53. The summed E-state index contributed by atoms with van der Waals surface area (Å²) < 4.78 is 14.8. The largest absolute Gasteiger partial charge is 0.394 e. The molecule has 10 aromatic rings. The van der Waals surface area contributed by atoms with Gasteiger partial charge in [0.2, 0.25) is 6.20 Å². The summed E-state index contributed by atoms with van der Waals surface area (Å²) in [5.74, 6) is 0. The molecule has 6 aromatic heterocycles. The zero-order chi connectivity index (χ0) is 30.2. The van der Waals surface area contributed by atoms with Crippen LogP contribution in [0.15, 0.2) is 146 Å². The van der Waals surface area contributed by atoms with E-state index in [0.29, 0.717) is 0 Å². The van der Waals surface area contributed by atoms with Gasteiger partial charge in [0, 0.05) is 27.9 Å². The number of para-hydroxylation sites is 2. The summed E-state index contributed by atoms with van der Waals surface area (Å²) in [5, 5.41) is 5.10. The fraction of sp³-hybridized carbons (Fsp3) is 0.0244. The minimum absolute atomic E-state index is 0.652. The molecule has 3 aliphatic heterocycles. The van der Waals surface area contributed by atoms with Gasteiger partial charge in [-0.05, 0) is 78.9 Å². The van der Waals surface area contributed by atoms with Gasteiger partial charge in [0.1, 0.15) is 22.3 Å². The van der Waals surface area contributed by atoms with Gasteiger partial charge in [-0.25, -0.2) is 0 Å². The van der Waals surface area contributed by atoms with Crippen molar-refractivity contribution in [3.05, 3.63) is 157 Å². The molecule has 0 saturated carbocycles. The van der Waals surface area contributed by atoms with E-state index in [0.717, 1.165) is 0 Å². The van der Waals surface area contributed by atoms with Crippen LogP contribution in [0.25, 0.3) is 77.6 Å². The van der Waals surface area contributed by atoms with Gasteiger partial charge in [0.05, 0.1) is 45.8 Å². The maximum Gasteiger partial charge on any atom is 0.394 e. The van der Waals surface area contributed by atoms with E-state index in [9.17, 15) is 0 Å². The van der Waals surface area contributed by atoms with Crippen molar-refractivity contribution in [1.82, 2.24) is 18.2 Å². The Bertz CT molecular complexity index is 3090. The lowest BCUT2D eigenvalue weighted by Crippen LogP contribution is -2.76. The molecule has 47 heavy (non-hydrogen) atoms. The summed E-state index contributed by atoms with van der Waals surface area (Å²) in [6, 6.07) is 44.7. The molecule has 1 atom stereocenters. The van der Waals surface area contributed by atoms with E-state index in [-0.39, 0.29) is 0 Å². The minimum Gasteiger partial charge on any atom is -0.316 e. The average molecular weight is 601 g/mol. The van der Waals surface area contributed by atoms with E-state index in [1.165, 1.54) is 88.7 Å². The standard InChI is InChI=1S/C41H24N6/c1-3-13-32-27(10-1)29-18-20-36-38-39(29)46(32)35-16-7-15-34-37(35)41(38,43-22-8-12-30-28-11-2-4-14-33(28)47(36)40(30)43)45-24-25(23-44(34)45)31-19-17-26-9-5-6-21-42(26)31/h1-24H/q+2. The van der Waals surface area contributed by atoms with Crippen LogP contribution in [0.2, 0.25) is 0 Å². The monoisotopic (exact) mass is 600 g/mol. The third kappa shape index (κ3) is 2.28. The second kappa shape index (κ2) is 7.35. The molecule has 6 nitrogen and oxygen atoms in total. The zero-order valence-electron chi connectivity index (χ0n) is 25.0. The molecule has 13 rings (SSSR count). The fourth-order valence-corrected chi connectivity index (χ4v) is 9.53. The van der Waals surface area contributed by atoms with Crippen LogP contribution in [0, 0.1) is 0 Å². The molecule has 0 aliphatic carbocycles. The van der Waals surface area contributed by atoms with E-state index >= 15 is 0 Å². The predicted molar refractivity (Wildman–Crippen MR) is 183 cm³/mol. The van der Waals surface area contributed by atoms with Crippen molar-refractivity contribution in [3.63, 3.8) is 0 Å². The van der Waals surface area contributed by atoms with Gasteiger partial charge in [-0.1, -0.05) is 47.1 Å². The second-order valence-electron chi connectivity index (χ2n) is 13.1. The van der Waals surface area contributed by atoms with Crippen molar-refractivity contribution in [2.75, 3.05) is 0 Å². The summed E-state index contributed by atoms with van der Waals surface area (Å²) in [5.41, 5.74) is 14.1. The molecule has 216 valence electrons. The number of pyridine rings is 2. The number of hydrogen-bond acceptors (Lipinski definition) is 0. The molecule has 6 heteroatoms. The Morgan fingerprint density at radius 2 is 1.32 bits per heavy atom. The Morgan fingerprint density at radius 3 is 2.23 bits per heavy atom. The van der Waals surface area contributed by atoms with Crippen molar-refractivity contribution >= 4 is 49.3 Å². The predicted octanol–water partition coefficient (Wildman–Crippen LogP) is 7.40. The third-order valence-electron chi connectivity index (χ3n) is 11.2. The maximum absolute atomic E-state index is 2.57. The Balaban J connectivity index is 1.30. The van der Waals surface area contributed by atoms with Crippen LogP contribution in [0.5, 0.6) is 0 Å². The third-order valence-corrected chi connectivity index (χ3v) is 11.2. The first-order valence-corrected chi connectivity index (χ1v) is 16.2.